The predicted molar refractivity (Wildman–Crippen MR) is 111 cm³/mol. The molecule has 1 saturated carbocycles. The summed E-state index contributed by atoms with van der Waals surface area (Å²) in [5.74, 6) is 3.40. The van der Waals surface area contributed by atoms with Crippen molar-refractivity contribution in [2.24, 2.45) is 5.92 Å². The van der Waals surface area contributed by atoms with Crippen molar-refractivity contribution >= 4 is 10.8 Å². The van der Waals surface area contributed by atoms with E-state index in [1.54, 1.807) is 0 Å². The zero-order valence-corrected chi connectivity index (χ0v) is 17.1. The maximum atomic E-state index is 10.1. The third kappa shape index (κ3) is 3.17. The maximum Gasteiger partial charge on any atom is 0.131 e. The number of fused-ring (bicyclic) bond motifs is 6. The molecule has 0 spiro atoms. The van der Waals surface area contributed by atoms with Crippen LogP contribution in [0.2, 0.25) is 0 Å². The fourth-order valence-corrected chi connectivity index (χ4v) is 5.04. The van der Waals surface area contributed by atoms with Crippen LogP contribution < -0.4 is 9.47 Å². The van der Waals surface area contributed by atoms with Crippen molar-refractivity contribution in [3.63, 3.8) is 0 Å². The Balaban J connectivity index is 1.86. The number of rotatable bonds is 8. The van der Waals surface area contributed by atoms with E-state index < -0.39 is 12.2 Å². The molecule has 4 heteroatoms. The highest BCUT2D eigenvalue weighted by Crippen LogP contribution is 2.63. The monoisotopic (exact) mass is 384 g/mol. The van der Waals surface area contributed by atoms with Crippen molar-refractivity contribution in [2.75, 3.05) is 13.2 Å². The first kappa shape index (κ1) is 19.5. The molecule has 4 rings (SSSR count). The molecule has 2 N–H and O–H groups in total. The van der Waals surface area contributed by atoms with Crippen LogP contribution in [0.5, 0.6) is 11.5 Å². The Morgan fingerprint density at radius 3 is 1.68 bits per heavy atom. The number of aliphatic hydroxyl groups excluding tert-OH is 2. The largest absolute Gasteiger partial charge is 0.490 e. The minimum atomic E-state index is -0.457. The second kappa shape index (κ2) is 7.92. The van der Waals surface area contributed by atoms with Crippen LogP contribution in [0.15, 0.2) is 24.3 Å². The van der Waals surface area contributed by atoms with Crippen LogP contribution in [0.25, 0.3) is 10.8 Å². The zero-order chi connectivity index (χ0) is 19.8. The lowest BCUT2D eigenvalue weighted by Crippen LogP contribution is -2.19. The Labute approximate surface area is 167 Å². The average molecular weight is 385 g/mol. The molecule has 28 heavy (non-hydrogen) atoms. The van der Waals surface area contributed by atoms with Crippen molar-refractivity contribution in [1.29, 1.82) is 0 Å². The summed E-state index contributed by atoms with van der Waals surface area (Å²) in [5, 5.41) is 22.2. The molecule has 2 bridgehead atoms. The number of hydrogen-bond donors (Lipinski definition) is 2. The number of hydrogen-bond acceptors (Lipinski definition) is 4. The molecule has 4 unspecified atom stereocenters. The van der Waals surface area contributed by atoms with E-state index in [1.807, 2.05) is 26.0 Å². The Morgan fingerprint density at radius 2 is 1.29 bits per heavy atom. The summed E-state index contributed by atoms with van der Waals surface area (Å²) < 4.78 is 12.5. The Hall–Kier alpha value is -1.78. The van der Waals surface area contributed by atoms with E-state index in [0.717, 1.165) is 22.3 Å². The van der Waals surface area contributed by atoms with E-state index in [-0.39, 0.29) is 0 Å². The van der Waals surface area contributed by atoms with Crippen molar-refractivity contribution in [3.05, 3.63) is 35.4 Å². The van der Waals surface area contributed by atoms with Crippen molar-refractivity contribution < 1.29 is 19.7 Å². The van der Waals surface area contributed by atoms with Gasteiger partial charge in [-0.2, -0.15) is 0 Å². The summed E-state index contributed by atoms with van der Waals surface area (Å²) in [6, 6.07) is 8.23. The van der Waals surface area contributed by atoms with Crippen LogP contribution in [-0.2, 0) is 0 Å². The van der Waals surface area contributed by atoms with E-state index in [2.05, 4.69) is 19.1 Å². The van der Waals surface area contributed by atoms with E-state index in [9.17, 15) is 10.2 Å². The van der Waals surface area contributed by atoms with Gasteiger partial charge in [0, 0.05) is 21.9 Å². The summed E-state index contributed by atoms with van der Waals surface area (Å²) in [5.41, 5.74) is 2.57. The second-order valence-electron chi connectivity index (χ2n) is 8.43. The summed E-state index contributed by atoms with van der Waals surface area (Å²) in [7, 11) is 0. The van der Waals surface area contributed by atoms with Gasteiger partial charge in [-0.05, 0) is 43.4 Å². The van der Waals surface area contributed by atoms with Gasteiger partial charge in [0.2, 0.25) is 0 Å². The lowest BCUT2D eigenvalue weighted by molar-refractivity contribution is 0.102. The highest BCUT2D eigenvalue weighted by Gasteiger charge is 2.47. The van der Waals surface area contributed by atoms with Gasteiger partial charge in [-0.25, -0.2) is 0 Å². The quantitative estimate of drug-likeness (QED) is 0.689. The van der Waals surface area contributed by atoms with Gasteiger partial charge < -0.3 is 19.7 Å². The predicted octanol–water partition coefficient (Wildman–Crippen LogP) is 4.75. The van der Waals surface area contributed by atoms with Crippen molar-refractivity contribution in [3.8, 4) is 11.5 Å². The van der Waals surface area contributed by atoms with Crippen LogP contribution in [0.4, 0.5) is 0 Å². The standard InChI is InChI=1S/C24H32O4/c1-4-15(25)12-27-23-19-8-6-7-9-20(19)24(28-13-16(26)5-2)22-18-11-10-17(14(18)3)21(22)23/h6-9,14-18,25-26H,4-5,10-13H2,1-3H3. The van der Waals surface area contributed by atoms with Gasteiger partial charge in [0.25, 0.3) is 0 Å². The molecule has 2 aromatic rings. The molecule has 2 aliphatic rings. The van der Waals surface area contributed by atoms with E-state index in [1.165, 1.54) is 24.0 Å². The molecule has 0 radical (unpaired) electrons. The number of ether oxygens (including phenoxy) is 2. The zero-order valence-electron chi connectivity index (χ0n) is 17.1. The third-order valence-electron chi connectivity index (χ3n) is 6.78. The maximum absolute atomic E-state index is 10.1. The molecular formula is C24H32O4. The Kier molecular flexibility index (Phi) is 5.52. The lowest BCUT2D eigenvalue weighted by atomic mass is 9.87. The third-order valence-corrected chi connectivity index (χ3v) is 6.78. The van der Waals surface area contributed by atoms with E-state index in [0.29, 0.717) is 43.8 Å². The van der Waals surface area contributed by atoms with Gasteiger partial charge in [-0.15, -0.1) is 0 Å². The molecule has 1 fully saturated rings. The molecule has 0 amide bonds. The average Bonchev–Trinajstić information content (AvgIpc) is 3.22. The van der Waals surface area contributed by atoms with Crippen LogP contribution >= 0.6 is 0 Å². The van der Waals surface area contributed by atoms with Gasteiger partial charge in [-0.3, -0.25) is 0 Å². The van der Waals surface area contributed by atoms with E-state index in [4.69, 9.17) is 9.47 Å². The molecule has 4 nitrogen and oxygen atoms in total. The Morgan fingerprint density at radius 1 is 0.857 bits per heavy atom. The lowest BCUT2D eigenvalue weighted by Gasteiger charge is -2.26. The second-order valence-corrected chi connectivity index (χ2v) is 8.43. The highest BCUT2D eigenvalue weighted by molar-refractivity contribution is 5.97. The first-order chi connectivity index (χ1) is 13.6. The summed E-state index contributed by atoms with van der Waals surface area (Å²) in [6.07, 6.45) is 2.81. The molecule has 2 aliphatic carbocycles. The molecule has 2 aromatic carbocycles. The van der Waals surface area contributed by atoms with Crippen LogP contribution in [0.1, 0.15) is 69.4 Å². The molecule has 0 heterocycles. The minimum absolute atomic E-state index is 0.313. The summed E-state index contributed by atoms with van der Waals surface area (Å²) >= 11 is 0. The smallest absolute Gasteiger partial charge is 0.131 e. The molecular weight excluding hydrogens is 352 g/mol. The molecule has 0 aliphatic heterocycles. The van der Waals surface area contributed by atoms with Crippen LogP contribution in [0.3, 0.4) is 0 Å². The molecule has 0 aromatic heterocycles. The molecule has 152 valence electrons. The molecule has 0 saturated heterocycles. The fraction of sp³-hybridized carbons (Fsp3) is 0.583. The number of benzene rings is 2. The summed E-state index contributed by atoms with van der Waals surface area (Å²) in [4.78, 5) is 0. The minimum Gasteiger partial charge on any atom is -0.490 e. The normalized spacial score (nSPS) is 25.0. The first-order valence-corrected chi connectivity index (χ1v) is 10.8. The van der Waals surface area contributed by atoms with Gasteiger partial charge >= 0.3 is 0 Å². The Bertz CT molecular complexity index is 778. The summed E-state index contributed by atoms with van der Waals surface area (Å²) in [6.45, 7) is 6.90. The van der Waals surface area contributed by atoms with Gasteiger partial charge in [-0.1, -0.05) is 45.0 Å². The van der Waals surface area contributed by atoms with Crippen LogP contribution in [0, 0.1) is 5.92 Å². The SMILES string of the molecule is CCC(O)COc1c2c(c(OCC(O)CC)c3ccccc13)C1CCC2C1C. The highest BCUT2D eigenvalue weighted by atomic mass is 16.5. The number of aliphatic hydroxyl groups is 2. The van der Waals surface area contributed by atoms with Crippen molar-refractivity contribution in [2.45, 2.75) is 70.5 Å². The van der Waals surface area contributed by atoms with Crippen molar-refractivity contribution in [1.82, 2.24) is 0 Å². The van der Waals surface area contributed by atoms with E-state index >= 15 is 0 Å². The van der Waals surface area contributed by atoms with Crippen LogP contribution in [-0.4, -0.2) is 35.6 Å². The van der Waals surface area contributed by atoms with Gasteiger partial charge in [0.05, 0.1) is 12.2 Å². The fourth-order valence-electron chi connectivity index (χ4n) is 5.04. The topological polar surface area (TPSA) is 58.9 Å². The van der Waals surface area contributed by atoms with Gasteiger partial charge in [0.15, 0.2) is 0 Å². The molecule has 4 atom stereocenters. The first-order valence-electron chi connectivity index (χ1n) is 10.8. The van der Waals surface area contributed by atoms with Gasteiger partial charge in [0.1, 0.15) is 24.7 Å².